The number of aliphatic carboxylic acids is 1. The molecule has 0 aromatic heterocycles. The van der Waals surface area contributed by atoms with E-state index in [-0.39, 0.29) is 0 Å². The van der Waals surface area contributed by atoms with Crippen molar-refractivity contribution < 1.29 is 9.90 Å². The zero-order valence-corrected chi connectivity index (χ0v) is 9.16. The molecule has 0 saturated carbocycles. The van der Waals surface area contributed by atoms with Crippen LogP contribution in [-0.2, 0) is 4.79 Å². The van der Waals surface area contributed by atoms with E-state index < -0.39 is 12.0 Å². The van der Waals surface area contributed by atoms with E-state index in [4.69, 9.17) is 5.11 Å². The Labute approximate surface area is 85.3 Å². The minimum absolute atomic E-state index is 0.345. The van der Waals surface area contributed by atoms with Gasteiger partial charge in [-0.2, -0.15) is 0 Å². The SMILES string of the molecule is CC1CN(C)CCC1N[C@@H](C)C(=O)O. The Bertz CT molecular complexity index is 208. The molecule has 1 heterocycles. The molecule has 0 amide bonds. The van der Waals surface area contributed by atoms with Crippen molar-refractivity contribution in [1.29, 1.82) is 0 Å². The highest BCUT2D eigenvalue weighted by atomic mass is 16.4. The van der Waals surface area contributed by atoms with Crippen LogP contribution in [0, 0.1) is 5.92 Å². The molecule has 0 bridgehead atoms. The van der Waals surface area contributed by atoms with Gasteiger partial charge in [-0.25, -0.2) is 0 Å². The quantitative estimate of drug-likeness (QED) is 0.692. The molecule has 14 heavy (non-hydrogen) atoms. The van der Waals surface area contributed by atoms with Crippen molar-refractivity contribution >= 4 is 5.97 Å². The van der Waals surface area contributed by atoms with Crippen LogP contribution in [0.1, 0.15) is 20.3 Å². The Balaban J connectivity index is 2.41. The van der Waals surface area contributed by atoms with Gasteiger partial charge in [-0.15, -0.1) is 0 Å². The first-order chi connectivity index (χ1) is 6.50. The van der Waals surface area contributed by atoms with Gasteiger partial charge in [0, 0.05) is 12.6 Å². The van der Waals surface area contributed by atoms with Gasteiger partial charge in [-0.3, -0.25) is 4.79 Å². The van der Waals surface area contributed by atoms with E-state index in [0.29, 0.717) is 12.0 Å². The van der Waals surface area contributed by atoms with E-state index >= 15 is 0 Å². The van der Waals surface area contributed by atoms with Crippen molar-refractivity contribution in [1.82, 2.24) is 10.2 Å². The minimum Gasteiger partial charge on any atom is -0.480 e. The fourth-order valence-electron chi connectivity index (χ4n) is 1.99. The zero-order chi connectivity index (χ0) is 10.7. The standard InChI is InChI=1S/C10H20N2O2/c1-7-6-12(3)5-4-9(7)11-8(2)10(13)14/h7-9,11H,4-6H2,1-3H3,(H,13,14)/t7?,8-,9?/m0/s1. The first kappa shape index (κ1) is 11.5. The average Bonchev–Trinajstić information content (AvgIpc) is 2.09. The summed E-state index contributed by atoms with van der Waals surface area (Å²) in [5, 5.41) is 11.9. The number of hydrogen-bond acceptors (Lipinski definition) is 3. The van der Waals surface area contributed by atoms with Gasteiger partial charge in [0.2, 0.25) is 0 Å². The summed E-state index contributed by atoms with van der Waals surface area (Å²) in [7, 11) is 2.10. The van der Waals surface area contributed by atoms with Crippen molar-refractivity contribution in [2.45, 2.75) is 32.4 Å². The third-order valence-corrected chi connectivity index (χ3v) is 2.94. The molecule has 1 saturated heterocycles. The highest BCUT2D eigenvalue weighted by Crippen LogP contribution is 2.15. The maximum absolute atomic E-state index is 10.7. The van der Waals surface area contributed by atoms with E-state index in [9.17, 15) is 4.79 Å². The molecule has 0 aliphatic carbocycles. The molecule has 82 valence electrons. The number of carboxylic acid groups (broad SMARTS) is 1. The molecule has 1 fully saturated rings. The predicted octanol–water partition coefficient (Wildman–Crippen LogP) is 0.389. The lowest BCUT2D eigenvalue weighted by Gasteiger charge is -2.36. The summed E-state index contributed by atoms with van der Waals surface area (Å²) >= 11 is 0. The van der Waals surface area contributed by atoms with E-state index in [0.717, 1.165) is 19.5 Å². The number of carbonyl (C=O) groups is 1. The van der Waals surface area contributed by atoms with Crippen molar-refractivity contribution in [3.63, 3.8) is 0 Å². The van der Waals surface area contributed by atoms with Crippen LogP contribution in [-0.4, -0.2) is 48.2 Å². The molecule has 4 nitrogen and oxygen atoms in total. The summed E-state index contributed by atoms with van der Waals surface area (Å²) in [6.45, 7) is 5.97. The summed E-state index contributed by atoms with van der Waals surface area (Å²) in [5.41, 5.74) is 0. The molecule has 1 aliphatic rings. The van der Waals surface area contributed by atoms with E-state index in [1.165, 1.54) is 0 Å². The van der Waals surface area contributed by atoms with E-state index in [1.807, 2.05) is 0 Å². The third kappa shape index (κ3) is 2.96. The smallest absolute Gasteiger partial charge is 0.320 e. The molecule has 0 spiro atoms. The van der Waals surface area contributed by atoms with Crippen LogP contribution < -0.4 is 5.32 Å². The second-order valence-corrected chi connectivity index (χ2v) is 4.36. The molecule has 1 aliphatic heterocycles. The Morgan fingerprint density at radius 3 is 2.79 bits per heavy atom. The van der Waals surface area contributed by atoms with Crippen molar-refractivity contribution in [2.75, 3.05) is 20.1 Å². The Morgan fingerprint density at radius 2 is 2.29 bits per heavy atom. The molecule has 2 N–H and O–H groups in total. The maximum Gasteiger partial charge on any atom is 0.320 e. The Kier molecular flexibility index (Phi) is 3.89. The molecule has 0 aromatic rings. The molecular weight excluding hydrogens is 180 g/mol. The first-order valence-corrected chi connectivity index (χ1v) is 5.18. The van der Waals surface area contributed by atoms with Crippen LogP contribution in [0.25, 0.3) is 0 Å². The number of likely N-dealkylation sites (tertiary alicyclic amines) is 1. The van der Waals surface area contributed by atoms with Crippen LogP contribution in [0.15, 0.2) is 0 Å². The fourth-order valence-corrected chi connectivity index (χ4v) is 1.99. The second kappa shape index (κ2) is 4.75. The highest BCUT2D eigenvalue weighted by molar-refractivity contribution is 5.72. The number of carboxylic acids is 1. The largest absolute Gasteiger partial charge is 0.480 e. The topological polar surface area (TPSA) is 52.6 Å². The number of piperidine rings is 1. The second-order valence-electron chi connectivity index (χ2n) is 4.36. The van der Waals surface area contributed by atoms with Gasteiger partial charge in [0.25, 0.3) is 0 Å². The van der Waals surface area contributed by atoms with Gasteiger partial charge in [0.1, 0.15) is 6.04 Å². The molecule has 3 atom stereocenters. The van der Waals surface area contributed by atoms with Crippen molar-refractivity contribution in [3.05, 3.63) is 0 Å². The van der Waals surface area contributed by atoms with Crippen LogP contribution in [0.5, 0.6) is 0 Å². The van der Waals surface area contributed by atoms with E-state index in [1.54, 1.807) is 6.92 Å². The summed E-state index contributed by atoms with van der Waals surface area (Å²) in [6.07, 6.45) is 1.04. The molecule has 1 rings (SSSR count). The highest BCUT2D eigenvalue weighted by Gasteiger charge is 2.26. The molecular formula is C10H20N2O2. The predicted molar refractivity (Wildman–Crippen MR) is 55.3 cm³/mol. The van der Waals surface area contributed by atoms with Crippen molar-refractivity contribution in [2.24, 2.45) is 5.92 Å². The lowest BCUT2D eigenvalue weighted by molar-refractivity contribution is -0.139. The molecule has 0 radical (unpaired) electrons. The van der Waals surface area contributed by atoms with Crippen molar-refractivity contribution in [3.8, 4) is 0 Å². The molecule has 0 aromatic carbocycles. The van der Waals surface area contributed by atoms with Crippen LogP contribution in [0.4, 0.5) is 0 Å². The van der Waals surface area contributed by atoms with Crippen LogP contribution in [0.3, 0.4) is 0 Å². The minimum atomic E-state index is -0.767. The lowest BCUT2D eigenvalue weighted by Crippen LogP contribution is -2.51. The molecule has 2 unspecified atom stereocenters. The number of nitrogens with one attached hydrogen (secondary N) is 1. The van der Waals surface area contributed by atoms with Gasteiger partial charge in [-0.05, 0) is 32.9 Å². The summed E-state index contributed by atoms with van der Waals surface area (Å²) < 4.78 is 0. The fraction of sp³-hybridized carbons (Fsp3) is 0.900. The summed E-state index contributed by atoms with van der Waals surface area (Å²) in [5.74, 6) is -0.244. The average molecular weight is 200 g/mol. The first-order valence-electron chi connectivity index (χ1n) is 5.18. The Hall–Kier alpha value is -0.610. The number of rotatable bonds is 3. The van der Waals surface area contributed by atoms with Gasteiger partial charge >= 0.3 is 5.97 Å². The lowest BCUT2D eigenvalue weighted by atomic mass is 9.93. The normalized spacial score (nSPS) is 31.4. The monoisotopic (exact) mass is 200 g/mol. The number of hydrogen-bond donors (Lipinski definition) is 2. The summed E-state index contributed by atoms with van der Waals surface area (Å²) in [6, 6.07) is -0.0943. The van der Waals surface area contributed by atoms with Crippen LogP contribution >= 0.6 is 0 Å². The van der Waals surface area contributed by atoms with Gasteiger partial charge in [-0.1, -0.05) is 6.92 Å². The maximum atomic E-state index is 10.7. The summed E-state index contributed by atoms with van der Waals surface area (Å²) in [4.78, 5) is 13.0. The Morgan fingerprint density at radius 1 is 1.64 bits per heavy atom. The van der Waals surface area contributed by atoms with Gasteiger partial charge in [0.15, 0.2) is 0 Å². The zero-order valence-electron chi connectivity index (χ0n) is 9.16. The van der Waals surface area contributed by atoms with Crippen LogP contribution in [0.2, 0.25) is 0 Å². The molecule has 4 heteroatoms. The number of nitrogens with zero attached hydrogens (tertiary/aromatic N) is 1. The van der Waals surface area contributed by atoms with E-state index in [2.05, 4.69) is 24.2 Å². The van der Waals surface area contributed by atoms with Gasteiger partial charge in [0.05, 0.1) is 0 Å². The third-order valence-electron chi connectivity index (χ3n) is 2.94. The van der Waals surface area contributed by atoms with Gasteiger partial charge < -0.3 is 15.3 Å².